The van der Waals surface area contributed by atoms with E-state index in [9.17, 15) is 19.5 Å². The van der Waals surface area contributed by atoms with E-state index >= 15 is 0 Å². The van der Waals surface area contributed by atoms with Crippen LogP contribution in [0.3, 0.4) is 0 Å². The number of primary amides is 1. The number of carbonyl (C=O) groups excluding carboxylic acids is 3. The molecule has 0 aliphatic heterocycles. The van der Waals surface area contributed by atoms with Gasteiger partial charge in [0.05, 0.1) is 18.4 Å². The van der Waals surface area contributed by atoms with Crippen molar-refractivity contribution in [2.45, 2.75) is 12.5 Å². The molecule has 17 heavy (non-hydrogen) atoms. The largest absolute Gasteiger partial charge is 0.548 e. The van der Waals surface area contributed by atoms with Crippen molar-refractivity contribution in [2.75, 3.05) is 0 Å². The molecule has 0 aliphatic carbocycles. The van der Waals surface area contributed by atoms with Gasteiger partial charge in [-0.1, -0.05) is 18.2 Å². The molecule has 0 aliphatic rings. The van der Waals surface area contributed by atoms with Gasteiger partial charge in [-0.15, -0.1) is 0 Å². The fraction of sp³-hybridized carbons (Fsp3) is 0.182. The van der Waals surface area contributed by atoms with Crippen LogP contribution in [-0.4, -0.2) is 23.8 Å². The Bertz CT molecular complexity index is 430. The minimum atomic E-state index is -1.55. The fourth-order valence-corrected chi connectivity index (χ4v) is 1.23. The van der Waals surface area contributed by atoms with Gasteiger partial charge in [-0.05, 0) is 12.1 Å². The van der Waals surface area contributed by atoms with Crippen molar-refractivity contribution in [1.29, 1.82) is 0 Å². The van der Waals surface area contributed by atoms with Gasteiger partial charge < -0.3 is 21.0 Å². The van der Waals surface area contributed by atoms with Crippen LogP contribution in [-0.2, 0) is 9.59 Å². The lowest BCUT2D eigenvalue weighted by Crippen LogP contribution is -2.49. The predicted octanol–water partition coefficient (Wildman–Crippen LogP) is -1.59. The molecule has 1 rings (SSSR count). The molecule has 1 aromatic rings. The third-order valence-electron chi connectivity index (χ3n) is 2.03. The minimum absolute atomic E-state index is 0.295. The highest BCUT2D eigenvalue weighted by Gasteiger charge is 2.16. The van der Waals surface area contributed by atoms with Crippen molar-refractivity contribution < 1.29 is 19.5 Å². The van der Waals surface area contributed by atoms with Crippen molar-refractivity contribution in [2.24, 2.45) is 5.73 Å². The van der Waals surface area contributed by atoms with Crippen LogP contribution < -0.4 is 16.2 Å². The van der Waals surface area contributed by atoms with E-state index in [1.54, 1.807) is 18.2 Å². The smallest absolute Gasteiger partial charge is 0.251 e. The molecule has 6 heteroatoms. The Morgan fingerprint density at radius 1 is 1.24 bits per heavy atom. The average molecular weight is 235 g/mol. The topological polar surface area (TPSA) is 112 Å². The van der Waals surface area contributed by atoms with Gasteiger partial charge in [0, 0.05) is 5.56 Å². The molecule has 6 nitrogen and oxygen atoms in total. The molecule has 0 aromatic heterocycles. The summed E-state index contributed by atoms with van der Waals surface area (Å²) in [5.41, 5.74) is 5.16. The second-order valence-electron chi connectivity index (χ2n) is 3.38. The molecule has 0 saturated heterocycles. The summed E-state index contributed by atoms with van der Waals surface area (Å²) in [5.74, 6) is -2.97. The van der Waals surface area contributed by atoms with Gasteiger partial charge in [-0.3, -0.25) is 9.59 Å². The summed E-state index contributed by atoms with van der Waals surface area (Å²) in [7, 11) is 0. The number of amides is 2. The van der Waals surface area contributed by atoms with Crippen LogP contribution in [0.5, 0.6) is 0 Å². The molecule has 2 amide bonds. The summed E-state index contributed by atoms with van der Waals surface area (Å²) < 4.78 is 0. The zero-order chi connectivity index (χ0) is 12.8. The van der Waals surface area contributed by atoms with Crippen molar-refractivity contribution in [1.82, 2.24) is 5.32 Å². The van der Waals surface area contributed by atoms with Gasteiger partial charge in [0.15, 0.2) is 0 Å². The van der Waals surface area contributed by atoms with Gasteiger partial charge >= 0.3 is 0 Å². The third-order valence-corrected chi connectivity index (χ3v) is 2.03. The molecule has 3 N–H and O–H groups in total. The quantitative estimate of drug-likeness (QED) is 0.640. The van der Waals surface area contributed by atoms with Crippen LogP contribution in [0.25, 0.3) is 0 Å². The first kappa shape index (κ1) is 12.7. The van der Waals surface area contributed by atoms with Gasteiger partial charge in [-0.2, -0.15) is 0 Å². The number of nitrogens with one attached hydrogen (secondary N) is 1. The van der Waals surface area contributed by atoms with E-state index in [-0.39, 0.29) is 0 Å². The van der Waals surface area contributed by atoms with Gasteiger partial charge in [0.25, 0.3) is 5.91 Å². The maximum Gasteiger partial charge on any atom is 0.251 e. The summed E-state index contributed by atoms with van der Waals surface area (Å²) in [4.78, 5) is 32.9. The number of nitrogens with two attached hydrogens (primary N) is 1. The molecule has 1 atom stereocenters. The summed E-state index contributed by atoms with van der Waals surface area (Å²) in [5, 5.41) is 12.8. The molecular weight excluding hydrogens is 224 g/mol. The van der Waals surface area contributed by atoms with E-state index in [4.69, 9.17) is 5.73 Å². The van der Waals surface area contributed by atoms with E-state index in [2.05, 4.69) is 5.32 Å². The van der Waals surface area contributed by atoms with E-state index < -0.39 is 30.2 Å². The Balaban J connectivity index is 2.71. The maximum atomic E-state index is 11.6. The number of carboxylic acids is 1. The molecule has 0 fully saturated rings. The second-order valence-corrected chi connectivity index (χ2v) is 3.38. The first-order chi connectivity index (χ1) is 8.00. The highest BCUT2D eigenvalue weighted by atomic mass is 16.4. The Labute approximate surface area is 97.4 Å². The SMILES string of the molecule is NC(=O)C[C@H](NC(=O)c1ccccc1)C(=O)[O-]. The molecular formula is C11H11N2O4-. The number of benzene rings is 1. The van der Waals surface area contributed by atoms with Crippen LogP contribution in [0.4, 0.5) is 0 Å². The van der Waals surface area contributed by atoms with E-state index in [1.165, 1.54) is 12.1 Å². The number of carbonyl (C=O) groups is 3. The Morgan fingerprint density at radius 2 is 1.82 bits per heavy atom. The lowest BCUT2D eigenvalue weighted by molar-refractivity contribution is -0.308. The predicted molar refractivity (Wildman–Crippen MR) is 56.5 cm³/mol. The average Bonchev–Trinajstić information content (AvgIpc) is 2.28. The van der Waals surface area contributed by atoms with Crippen molar-refractivity contribution in [3.8, 4) is 0 Å². The highest BCUT2D eigenvalue weighted by Crippen LogP contribution is 2.00. The Kier molecular flexibility index (Phi) is 4.21. The van der Waals surface area contributed by atoms with Gasteiger partial charge in [0.1, 0.15) is 0 Å². The summed E-state index contributed by atoms with van der Waals surface area (Å²) in [6.45, 7) is 0. The summed E-state index contributed by atoms with van der Waals surface area (Å²) in [6, 6.07) is 6.61. The maximum absolute atomic E-state index is 11.6. The zero-order valence-corrected chi connectivity index (χ0v) is 8.88. The summed E-state index contributed by atoms with van der Waals surface area (Å²) in [6.07, 6.45) is -0.499. The molecule has 0 saturated carbocycles. The van der Waals surface area contributed by atoms with Gasteiger partial charge in [-0.25, -0.2) is 0 Å². The number of hydrogen-bond acceptors (Lipinski definition) is 4. The minimum Gasteiger partial charge on any atom is -0.548 e. The summed E-state index contributed by atoms with van der Waals surface area (Å²) >= 11 is 0. The number of rotatable bonds is 5. The lowest BCUT2D eigenvalue weighted by Gasteiger charge is -2.18. The molecule has 0 unspecified atom stereocenters. The Hall–Kier alpha value is -2.37. The Morgan fingerprint density at radius 3 is 2.29 bits per heavy atom. The number of aliphatic carboxylic acids is 1. The molecule has 0 radical (unpaired) electrons. The fourth-order valence-electron chi connectivity index (χ4n) is 1.23. The van der Waals surface area contributed by atoms with E-state index in [0.717, 1.165) is 0 Å². The number of hydrogen-bond donors (Lipinski definition) is 2. The standard InChI is InChI=1S/C11H12N2O4/c12-9(14)6-8(11(16)17)13-10(15)7-4-2-1-3-5-7/h1-5,8H,6H2,(H2,12,14)(H,13,15)(H,16,17)/p-1/t8-/m0/s1. The van der Waals surface area contributed by atoms with Crippen molar-refractivity contribution in [3.05, 3.63) is 35.9 Å². The molecule has 0 bridgehead atoms. The first-order valence-corrected chi connectivity index (χ1v) is 4.86. The molecule has 0 spiro atoms. The lowest BCUT2D eigenvalue weighted by atomic mass is 10.1. The second kappa shape index (κ2) is 5.64. The van der Waals surface area contributed by atoms with Crippen LogP contribution in [0.15, 0.2) is 30.3 Å². The molecule has 0 heterocycles. The van der Waals surface area contributed by atoms with Crippen LogP contribution >= 0.6 is 0 Å². The monoisotopic (exact) mass is 235 g/mol. The van der Waals surface area contributed by atoms with Crippen molar-refractivity contribution in [3.63, 3.8) is 0 Å². The van der Waals surface area contributed by atoms with Crippen molar-refractivity contribution >= 4 is 17.8 Å². The van der Waals surface area contributed by atoms with Gasteiger partial charge in [0.2, 0.25) is 5.91 Å². The van der Waals surface area contributed by atoms with Crippen LogP contribution in [0.1, 0.15) is 16.8 Å². The van der Waals surface area contributed by atoms with Crippen LogP contribution in [0, 0.1) is 0 Å². The first-order valence-electron chi connectivity index (χ1n) is 4.86. The van der Waals surface area contributed by atoms with E-state index in [0.29, 0.717) is 5.56 Å². The normalized spacial score (nSPS) is 11.5. The third kappa shape index (κ3) is 3.94. The number of carboxylic acid groups (broad SMARTS) is 1. The molecule has 1 aromatic carbocycles. The molecule has 90 valence electrons. The van der Waals surface area contributed by atoms with E-state index in [1.807, 2.05) is 0 Å². The zero-order valence-electron chi connectivity index (χ0n) is 8.88. The highest BCUT2D eigenvalue weighted by molar-refractivity contribution is 5.97. The van der Waals surface area contributed by atoms with Crippen LogP contribution in [0.2, 0.25) is 0 Å².